The SMILES string of the molecule is CC(=Nc1ccccc1C)c1cccnc1.C[C-]=Nc1ccccc1C.[Co]. The van der Waals surface area contributed by atoms with Gasteiger partial charge in [-0.1, -0.05) is 55.1 Å². The molecule has 0 bridgehead atoms. The van der Waals surface area contributed by atoms with E-state index in [1.54, 1.807) is 13.1 Å². The van der Waals surface area contributed by atoms with Gasteiger partial charge in [-0.3, -0.25) is 9.98 Å². The summed E-state index contributed by atoms with van der Waals surface area (Å²) < 4.78 is 0. The molecule has 0 saturated heterocycles. The van der Waals surface area contributed by atoms with Gasteiger partial charge in [-0.05, 0) is 31.5 Å². The summed E-state index contributed by atoms with van der Waals surface area (Å²) in [5.74, 6) is 0. The summed E-state index contributed by atoms with van der Waals surface area (Å²) in [6.07, 6.45) is 6.35. The van der Waals surface area contributed by atoms with Gasteiger partial charge >= 0.3 is 0 Å². The van der Waals surface area contributed by atoms with E-state index in [2.05, 4.69) is 34.2 Å². The van der Waals surface area contributed by atoms with Crippen molar-refractivity contribution >= 4 is 23.3 Å². The van der Waals surface area contributed by atoms with Crippen LogP contribution in [-0.2, 0) is 16.8 Å². The van der Waals surface area contributed by atoms with Crippen LogP contribution in [0.15, 0.2) is 83.0 Å². The number of para-hydroxylation sites is 2. The average molecular weight is 401 g/mol. The Morgan fingerprint density at radius 2 is 1.44 bits per heavy atom. The van der Waals surface area contributed by atoms with Crippen LogP contribution in [0.4, 0.5) is 11.4 Å². The Balaban J connectivity index is 0.000000288. The van der Waals surface area contributed by atoms with Crippen molar-refractivity contribution in [3.63, 3.8) is 0 Å². The Kier molecular flexibility index (Phi) is 9.94. The van der Waals surface area contributed by atoms with E-state index in [0.717, 1.165) is 22.6 Å². The maximum Gasteiger partial charge on any atom is 0.0662 e. The Labute approximate surface area is 172 Å². The standard InChI is InChI=1S/C14H14N2.C9H10N.Co/c1-11-6-3-4-8-14(11)16-12(2)13-7-5-9-15-10-13;1-3-10-9-7-5-4-6-8(9)2;/h3-10H,1-2H3;4-7H,1-2H3;/q;-1;. The van der Waals surface area contributed by atoms with Gasteiger partial charge in [-0.2, -0.15) is 6.21 Å². The number of aromatic nitrogens is 1. The molecule has 0 unspecified atom stereocenters. The van der Waals surface area contributed by atoms with Crippen molar-refractivity contribution in [2.75, 3.05) is 0 Å². The molecule has 3 nitrogen and oxygen atoms in total. The fourth-order valence-corrected chi connectivity index (χ4v) is 2.32. The smallest absolute Gasteiger partial charge is 0.0662 e. The Morgan fingerprint density at radius 1 is 0.852 bits per heavy atom. The molecule has 27 heavy (non-hydrogen) atoms. The monoisotopic (exact) mass is 401 g/mol. The van der Waals surface area contributed by atoms with E-state index >= 15 is 0 Å². The van der Waals surface area contributed by atoms with E-state index in [9.17, 15) is 0 Å². The van der Waals surface area contributed by atoms with E-state index in [1.165, 1.54) is 11.1 Å². The second-order valence-corrected chi connectivity index (χ2v) is 5.85. The third-order valence-electron chi connectivity index (χ3n) is 3.83. The summed E-state index contributed by atoms with van der Waals surface area (Å²) in [4.78, 5) is 12.8. The number of hydrogen-bond donors (Lipinski definition) is 0. The van der Waals surface area contributed by atoms with Gasteiger partial charge in [0.25, 0.3) is 0 Å². The van der Waals surface area contributed by atoms with Gasteiger partial charge in [0.2, 0.25) is 0 Å². The van der Waals surface area contributed by atoms with Crippen molar-refractivity contribution in [2.45, 2.75) is 27.7 Å². The second kappa shape index (κ2) is 11.9. The zero-order valence-corrected chi connectivity index (χ0v) is 17.1. The van der Waals surface area contributed by atoms with Crippen LogP contribution in [0.3, 0.4) is 0 Å². The normalized spacial score (nSPS) is 10.7. The summed E-state index contributed by atoms with van der Waals surface area (Å²) in [7, 11) is 0. The third-order valence-corrected chi connectivity index (χ3v) is 3.83. The molecule has 1 radical (unpaired) electrons. The minimum Gasteiger partial charge on any atom is -0.456 e. The molecule has 4 heteroatoms. The zero-order valence-electron chi connectivity index (χ0n) is 16.1. The first-order valence-electron chi connectivity index (χ1n) is 8.56. The summed E-state index contributed by atoms with van der Waals surface area (Å²) in [5.41, 5.74) is 6.45. The number of aryl methyl sites for hydroxylation is 2. The summed E-state index contributed by atoms with van der Waals surface area (Å²) in [6, 6.07) is 20.0. The van der Waals surface area contributed by atoms with Gasteiger partial charge in [0, 0.05) is 40.4 Å². The number of pyridine rings is 1. The quantitative estimate of drug-likeness (QED) is 0.385. The van der Waals surface area contributed by atoms with E-state index in [1.807, 2.05) is 74.6 Å². The first kappa shape index (κ1) is 22.5. The summed E-state index contributed by atoms with van der Waals surface area (Å²) >= 11 is 0. The van der Waals surface area contributed by atoms with Crippen LogP contribution in [0.2, 0.25) is 0 Å². The Hall–Kier alpha value is -2.56. The van der Waals surface area contributed by atoms with Gasteiger partial charge < -0.3 is 4.99 Å². The van der Waals surface area contributed by atoms with Crippen LogP contribution < -0.4 is 0 Å². The van der Waals surface area contributed by atoms with E-state index in [0.29, 0.717) is 0 Å². The van der Waals surface area contributed by atoms with Crippen LogP contribution in [-0.4, -0.2) is 16.9 Å². The van der Waals surface area contributed by atoms with E-state index in [4.69, 9.17) is 0 Å². The van der Waals surface area contributed by atoms with Gasteiger partial charge in [0.1, 0.15) is 0 Å². The van der Waals surface area contributed by atoms with Crippen molar-refractivity contribution in [1.29, 1.82) is 0 Å². The van der Waals surface area contributed by atoms with Gasteiger partial charge in [0.15, 0.2) is 0 Å². The molecule has 0 saturated carbocycles. The molecule has 0 aliphatic carbocycles. The summed E-state index contributed by atoms with van der Waals surface area (Å²) in [6.45, 7) is 7.90. The molecule has 0 aliphatic heterocycles. The molecule has 141 valence electrons. The van der Waals surface area contributed by atoms with E-state index < -0.39 is 0 Å². The van der Waals surface area contributed by atoms with Crippen molar-refractivity contribution in [1.82, 2.24) is 4.98 Å². The van der Waals surface area contributed by atoms with Crippen molar-refractivity contribution in [3.8, 4) is 0 Å². The molecule has 0 amide bonds. The molecular formula is C23H24CoN3-. The number of hydrogen-bond acceptors (Lipinski definition) is 3. The largest absolute Gasteiger partial charge is 0.456 e. The summed E-state index contributed by atoms with van der Waals surface area (Å²) in [5, 5.41) is 0. The van der Waals surface area contributed by atoms with Crippen LogP contribution in [0.5, 0.6) is 0 Å². The molecule has 1 aromatic heterocycles. The number of nitrogens with zero attached hydrogens (tertiary/aromatic N) is 3. The Morgan fingerprint density at radius 3 is 1.96 bits per heavy atom. The fourth-order valence-electron chi connectivity index (χ4n) is 2.32. The molecule has 2 aromatic carbocycles. The third kappa shape index (κ3) is 7.29. The fraction of sp³-hybridized carbons (Fsp3) is 0.174. The molecule has 1 heterocycles. The second-order valence-electron chi connectivity index (χ2n) is 5.85. The van der Waals surface area contributed by atoms with Crippen LogP contribution in [0.25, 0.3) is 0 Å². The molecule has 3 rings (SSSR count). The first-order valence-corrected chi connectivity index (χ1v) is 8.56. The van der Waals surface area contributed by atoms with Crippen molar-refractivity contribution in [2.24, 2.45) is 9.98 Å². The predicted octanol–water partition coefficient (Wildman–Crippen LogP) is 6.12. The maximum atomic E-state index is 4.61. The predicted molar refractivity (Wildman–Crippen MR) is 111 cm³/mol. The zero-order chi connectivity index (χ0) is 18.8. The average Bonchev–Trinajstić information content (AvgIpc) is 2.67. The topological polar surface area (TPSA) is 37.6 Å². The van der Waals surface area contributed by atoms with Gasteiger partial charge in [-0.25, -0.2) is 0 Å². The van der Waals surface area contributed by atoms with Crippen LogP contribution >= 0.6 is 0 Å². The molecule has 0 spiro atoms. The van der Waals surface area contributed by atoms with Gasteiger partial charge in [-0.15, -0.1) is 18.6 Å². The molecule has 0 aliphatic rings. The van der Waals surface area contributed by atoms with Crippen molar-refractivity contribution in [3.05, 3.63) is 89.7 Å². The number of benzene rings is 2. The van der Waals surface area contributed by atoms with Gasteiger partial charge in [0.05, 0.1) is 5.69 Å². The molecule has 0 fully saturated rings. The number of aliphatic imine (C=N–C) groups is 2. The number of rotatable bonds is 3. The van der Waals surface area contributed by atoms with E-state index in [-0.39, 0.29) is 16.8 Å². The minimum absolute atomic E-state index is 0. The molecule has 0 N–H and O–H groups in total. The molecular weight excluding hydrogens is 377 g/mol. The minimum atomic E-state index is 0. The molecule has 3 aromatic rings. The Bertz CT molecular complexity index is 887. The maximum absolute atomic E-state index is 4.61. The molecule has 0 atom stereocenters. The van der Waals surface area contributed by atoms with Crippen LogP contribution in [0, 0.1) is 13.8 Å². The first-order chi connectivity index (χ1) is 12.6. The van der Waals surface area contributed by atoms with Crippen LogP contribution in [0.1, 0.15) is 30.5 Å². The van der Waals surface area contributed by atoms with Crippen molar-refractivity contribution < 1.29 is 16.8 Å².